The summed E-state index contributed by atoms with van der Waals surface area (Å²) in [5.41, 5.74) is 10.8. The molecule has 70 valence electrons. The third-order valence-corrected chi connectivity index (χ3v) is 1.52. The van der Waals surface area contributed by atoms with Crippen LogP contribution in [0.15, 0.2) is 4.99 Å². The molecule has 0 amide bonds. The van der Waals surface area contributed by atoms with Crippen LogP contribution in [0.25, 0.3) is 0 Å². The molecule has 0 unspecified atom stereocenters. The van der Waals surface area contributed by atoms with E-state index in [1.165, 1.54) is 6.92 Å². The lowest BCUT2D eigenvalue weighted by atomic mass is 10.1. The largest absolute Gasteiger partial charge is 0.370 e. The van der Waals surface area contributed by atoms with Crippen molar-refractivity contribution < 1.29 is 4.79 Å². The van der Waals surface area contributed by atoms with Gasteiger partial charge in [-0.25, -0.2) is 0 Å². The quantitative estimate of drug-likeness (QED) is 0.368. The van der Waals surface area contributed by atoms with Crippen LogP contribution in [0, 0.1) is 0 Å². The number of nitrogens with one attached hydrogen (secondary N) is 1. The van der Waals surface area contributed by atoms with Crippen molar-refractivity contribution in [2.75, 3.05) is 13.6 Å². The highest BCUT2D eigenvalue weighted by Gasteiger charge is 2.06. The molecule has 1 atom stereocenters. The molecule has 0 aliphatic carbocycles. The van der Waals surface area contributed by atoms with Crippen LogP contribution in [-0.2, 0) is 4.79 Å². The molecule has 5 nitrogen and oxygen atoms in total. The lowest BCUT2D eigenvalue weighted by Gasteiger charge is -2.08. The van der Waals surface area contributed by atoms with Crippen molar-refractivity contribution in [2.24, 2.45) is 16.5 Å². The molecule has 0 aromatic rings. The van der Waals surface area contributed by atoms with Crippen molar-refractivity contribution >= 4 is 11.7 Å². The third-order valence-electron chi connectivity index (χ3n) is 1.52. The van der Waals surface area contributed by atoms with E-state index in [0.29, 0.717) is 18.9 Å². The number of ketones is 1. The van der Waals surface area contributed by atoms with Gasteiger partial charge in [-0.3, -0.25) is 9.79 Å². The van der Waals surface area contributed by atoms with Gasteiger partial charge in [0.2, 0.25) is 0 Å². The second kappa shape index (κ2) is 5.54. The van der Waals surface area contributed by atoms with Gasteiger partial charge in [0.05, 0.1) is 6.04 Å². The predicted octanol–water partition coefficient (Wildman–Crippen LogP) is -1.17. The van der Waals surface area contributed by atoms with E-state index in [1.807, 2.05) is 0 Å². The zero-order valence-electron chi connectivity index (χ0n) is 7.50. The fourth-order valence-corrected chi connectivity index (χ4v) is 0.638. The topological polar surface area (TPSA) is 93.5 Å². The molecule has 0 aliphatic rings. The Morgan fingerprint density at radius 3 is 2.67 bits per heavy atom. The molecular formula is C7H16N4O. The van der Waals surface area contributed by atoms with Crippen LogP contribution in [0.1, 0.15) is 13.3 Å². The highest BCUT2D eigenvalue weighted by Crippen LogP contribution is 1.86. The minimum Gasteiger partial charge on any atom is -0.370 e. The zero-order chi connectivity index (χ0) is 9.56. The Kier molecular flexibility index (Phi) is 5.03. The van der Waals surface area contributed by atoms with Crippen molar-refractivity contribution in [3.8, 4) is 0 Å². The van der Waals surface area contributed by atoms with Crippen LogP contribution in [0.3, 0.4) is 0 Å². The minimum atomic E-state index is -0.401. The summed E-state index contributed by atoms with van der Waals surface area (Å²) in [6, 6.07) is -0.401. The lowest BCUT2D eigenvalue weighted by Crippen LogP contribution is -2.37. The second-order valence-corrected chi connectivity index (χ2v) is 2.54. The smallest absolute Gasteiger partial charge is 0.188 e. The average Bonchev–Trinajstić information content (AvgIpc) is 2.03. The Hall–Kier alpha value is -1.10. The first-order chi connectivity index (χ1) is 5.57. The molecule has 0 rings (SSSR count). The van der Waals surface area contributed by atoms with Crippen molar-refractivity contribution in [3.05, 3.63) is 0 Å². The van der Waals surface area contributed by atoms with Crippen LogP contribution >= 0.6 is 0 Å². The molecular weight excluding hydrogens is 156 g/mol. The van der Waals surface area contributed by atoms with Crippen LogP contribution in [0.4, 0.5) is 0 Å². The summed E-state index contributed by atoms with van der Waals surface area (Å²) >= 11 is 0. The normalized spacial score (nSPS) is 14.1. The van der Waals surface area contributed by atoms with Gasteiger partial charge in [-0.1, -0.05) is 0 Å². The summed E-state index contributed by atoms with van der Waals surface area (Å²) in [6.07, 6.45) is 0.575. The second-order valence-electron chi connectivity index (χ2n) is 2.54. The monoisotopic (exact) mass is 172 g/mol. The molecule has 0 aromatic carbocycles. The van der Waals surface area contributed by atoms with Crippen LogP contribution in [0.2, 0.25) is 0 Å². The Morgan fingerprint density at radius 1 is 1.67 bits per heavy atom. The third kappa shape index (κ3) is 4.68. The summed E-state index contributed by atoms with van der Waals surface area (Å²) in [4.78, 5) is 14.4. The summed E-state index contributed by atoms with van der Waals surface area (Å²) < 4.78 is 0. The maximum atomic E-state index is 10.7. The molecule has 0 aromatic heterocycles. The number of nitrogens with zero attached hydrogens (tertiary/aromatic N) is 1. The van der Waals surface area contributed by atoms with E-state index in [2.05, 4.69) is 10.3 Å². The van der Waals surface area contributed by atoms with Gasteiger partial charge in [-0.15, -0.1) is 0 Å². The van der Waals surface area contributed by atoms with E-state index in [4.69, 9.17) is 11.5 Å². The van der Waals surface area contributed by atoms with Gasteiger partial charge in [0.1, 0.15) is 5.78 Å². The molecule has 0 heterocycles. The molecule has 0 saturated carbocycles. The van der Waals surface area contributed by atoms with E-state index in [-0.39, 0.29) is 5.78 Å². The van der Waals surface area contributed by atoms with Gasteiger partial charge in [0.15, 0.2) is 5.96 Å². The number of carbonyl (C=O) groups is 1. The summed E-state index contributed by atoms with van der Waals surface area (Å²) in [5, 5.41) is 2.81. The van der Waals surface area contributed by atoms with E-state index < -0.39 is 6.04 Å². The first-order valence-corrected chi connectivity index (χ1v) is 3.80. The first kappa shape index (κ1) is 10.9. The minimum absolute atomic E-state index is 0.0104. The number of Topliss-reactive ketones (excluding diaryl/α,β-unsaturated/α-hetero) is 1. The summed E-state index contributed by atoms with van der Waals surface area (Å²) in [7, 11) is 1.59. The maximum absolute atomic E-state index is 10.7. The molecule has 12 heavy (non-hydrogen) atoms. The number of guanidine groups is 1. The van der Waals surface area contributed by atoms with Gasteiger partial charge in [-0.05, 0) is 13.3 Å². The van der Waals surface area contributed by atoms with Crippen molar-refractivity contribution in [3.63, 3.8) is 0 Å². The Morgan fingerprint density at radius 2 is 2.25 bits per heavy atom. The van der Waals surface area contributed by atoms with Gasteiger partial charge in [-0.2, -0.15) is 0 Å². The number of rotatable bonds is 4. The Bertz CT molecular complexity index is 178. The SMILES string of the molecule is CN=C(N)NCC[C@@H](N)C(C)=O. The number of carbonyl (C=O) groups excluding carboxylic acids is 1. The fraction of sp³-hybridized carbons (Fsp3) is 0.714. The average molecular weight is 172 g/mol. The Labute approximate surface area is 72.2 Å². The van der Waals surface area contributed by atoms with E-state index >= 15 is 0 Å². The predicted molar refractivity (Wildman–Crippen MR) is 48.8 cm³/mol. The summed E-state index contributed by atoms with van der Waals surface area (Å²) in [6.45, 7) is 2.05. The van der Waals surface area contributed by atoms with Crippen molar-refractivity contribution in [1.82, 2.24) is 5.32 Å². The van der Waals surface area contributed by atoms with Crippen molar-refractivity contribution in [2.45, 2.75) is 19.4 Å². The molecule has 5 N–H and O–H groups in total. The highest BCUT2D eigenvalue weighted by molar-refractivity contribution is 5.81. The maximum Gasteiger partial charge on any atom is 0.188 e. The lowest BCUT2D eigenvalue weighted by molar-refractivity contribution is -0.118. The van der Waals surface area contributed by atoms with Gasteiger partial charge in [0.25, 0.3) is 0 Å². The standard InChI is InChI=1S/C7H16N4O/c1-5(12)6(8)3-4-11-7(9)10-2/h6H,3-4,8H2,1-2H3,(H3,9,10,11)/t6-/m1/s1. The zero-order valence-corrected chi connectivity index (χ0v) is 7.50. The molecule has 0 bridgehead atoms. The molecule has 0 aliphatic heterocycles. The molecule has 0 radical (unpaired) electrons. The van der Waals surface area contributed by atoms with Gasteiger partial charge >= 0.3 is 0 Å². The van der Waals surface area contributed by atoms with Gasteiger partial charge < -0.3 is 16.8 Å². The van der Waals surface area contributed by atoms with Crippen LogP contribution < -0.4 is 16.8 Å². The van der Waals surface area contributed by atoms with E-state index in [0.717, 1.165) is 0 Å². The van der Waals surface area contributed by atoms with Crippen molar-refractivity contribution in [1.29, 1.82) is 0 Å². The number of hydrogen-bond acceptors (Lipinski definition) is 3. The highest BCUT2D eigenvalue weighted by atomic mass is 16.1. The van der Waals surface area contributed by atoms with Crippen LogP contribution in [0.5, 0.6) is 0 Å². The number of aliphatic imine (C=N–C) groups is 1. The molecule has 0 saturated heterocycles. The van der Waals surface area contributed by atoms with E-state index in [9.17, 15) is 4.79 Å². The fourth-order valence-electron chi connectivity index (χ4n) is 0.638. The number of nitrogens with two attached hydrogens (primary N) is 2. The Balaban J connectivity index is 3.50. The molecule has 5 heteroatoms. The first-order valence-electron chi connectivity index (χ1n) is 3.80. The number of hydrogen-bond donors (Lipinski definition) is 3. The van der Waals surface area contributed by atoms with E-state index in [1.54, 1.807) is 7.05 Å². The molecule has 0 fully saturated rings. The summed E-state index contributed by atoms with van der Waals surface area (Å²) in [5.74, 6) is 0.356. The van der Waals surface area contributed by atoms with Crippen LogP contribution in [-0.4, -0.2) is 31.4 Å². The molecule has 0 spiro atoms. The van der Waals surface area contributed by atoms with Gasteiger partial charge in [0, 0.05) is 13.6 Å².